The molecule has 0 fully saturated rings. The van der Waals surface area contributed by atoms with E-state index >= 15 is 0 Å². The van der Waals surface area contributed by atoms with Crippen LogP contribution in [0.15, 0.2) is 0 Å². The maximum absolute atomic E-state index is 10.7. The molecule has 2 heteroatoms. The summed E-state index contributed by atoms with van der Waals surface area (Å²) >= 11 is 0. The predicted octanol–water partition coefficient (Wildman–Crippen LogP) is 1.87. The van der Waals surface area contributed by atoms with Crippen molar-refractivity contribution in [2.75, 3.05) is 0 Å². The molecule has 0 rings (SSSR count). The van der Waals surface area contributed by atoms with E-state index in [4.69, 9.17) is 5.73 Å². The zero-order valence-corrected chi connectivity index (χ0v) is 7.60. The van der Waals surface area contributed by atoms with Gasteiger partial charge in [-0.15, -0.1) is 0 Å². The van der Waals surface area contributed by atoms with Gasteiger partial charge in [-0.2, -0.15) is 0 Å². The van der Waals surface area contributed by atoms with E-state index in [1.54, 1.807) is 6.92 Å². The third kappa shape index (κ3) is 6.05. The number of rotatable bonds is 6. The summed E-state index contributed by atoms with van der Waals surface area (Å²) in [5.74, 6) is 0.112. The van der Waals surface area contributed by atoms with Crippen molar-refractivity contribution in [3.8, 4) is 0 Å². The fourth-order valence-corrected chi connectivity index (χ4v) is 0.994. The largest absolute Gasteiger partial charge is 0.322 e. The van der Waals surface area contributed by atoms with Crippen LogP contribution in [0.4, 0.5) is 0 Å². The molecular weight excluding hydrogens is 138 g/mol. The molecule has 11 heavy (non-hydrogen) atoms. The third-order valence-corrected chi connectivity index (χ3v) is 1.89. The molecule has 2 nitrogen and oxygen atoms in total. The van der Waals surface area contributed by atoms with Crippen molar-refractivity contribution in [3.63, 3.8) is 0 Å². The van der Waals surface area contributed by atoms with Gasteiger partial charge in [0.25, 0.3) is 0 Å². The minimum Gasteiger partial charge on any atom is -0.322 e. The summed E-state index contributed by atoms with van der Waals surface area (Å²) in [5.41, 5.74) is 5.55. The number of ketones is 1. The van der Waals surface area contributed by atoms with Crippen molar-refractivity contribution in [1.82, 2.24) is 0 Å². The maximum atomic E-state index is 10.7. The smallest absolute Gasteiger partial charge is 0.146 e. The molecule has 0 radical (unpaired) electrons. The number of Topliss-reactive ketones (excluding diaryl/α,β-unsaturated/α-hetero) is 1. The molecule has 0 aromatic heterocycles. The molecule has 0 saturated carbocycles. The highest BCUT2D eigenvalue weighted by atomic mass is 16.1. The lowest BCUT2D eigenvalue weighted by molar-refractivity contribution is -0.118. The van der Waals surface area contributed by atoms with Crippen LogP contribution >= 0.6 is 0 Å². The number of carbonyl (C=O) groups is 1. The van der Waals surface area contributed by atoms with Gasteiger partial charge < -0.3 is 5.73 Å². The average Bonchev–Trinajstić information content (AvgIpc) is 1.97. The molecule has 0 heterocycles. The van der Waals surface area contributed by atoms with Crippen molar-refractivity contribution in [2.45, 2.75) is 52.0 Å². The molecule has 0 saturated heterocycles. The second-order valence-electron chi connectivity index (χ2n) is 3.07. The number of carbonyl (C=O) groups excluding carboxylic acids is 1. The Morgan fingerprint density at radius 1 is 1.36 bits per heavy atom. The van der Waals surface area contributed by atoms with E-state index in [9.17, 15) is 4.79 Å². The highest BCUT2D eigenvalue weighted by molar-refractivity contribution is 5.80. The Hall–Kier alpha value is -0.370. The van der Waals surface area contributed by atoms with Gasteiger partial charge in [0, 0.05) is 0 Å². The zero-order chi connectivity index (χ0) is 8.69. The van der Waals surface area contributed by atoms with Gasteiger partial charge in [-0.3, -0.25) is 4.79 Å². The van der Waals surface area contributed by atoms with Crippen molar-refractivity contribution < 1.29 is 4.79 Å². The standard InChI is InChI=1S/C9H19NO/c1-3-4-5-6-7-9(10)8(2)11/h9H,3-7,10H2,1-2H3/t9-/m0/s1. The summed E-state index contributed by atoms with van der Waals surface area (Å²) in [7, 11) is 0. The second-order valence-corrected chi connectivity index (χ2v) is 3.07. The molecule has 0 aromatic carbocycles. The Labute approximate surface area is 69.2 Å². The summed E-state index contributed by atoms with van der Waals surface area (Å²) in [5, 5.41) is 0. The normalized spacial score (nSPS) is 13.0. The summed E-state index contributed by atoms with van der Waals surface area (Å²) in [6.45, 7) is 3.73. The van der Waals surface area contributed by atoms with Gasteiger partial charge in [-0.05, 0) is 13.3 Å². The Bertz CT molecular complexity index is 112. The summed E-state index contributed by atoms with van der Waals surface area (Å²) in [4.78, 5) is 10.7. The minimum atomic E-state index is -0.216. The van der Waals surface area contributed by atoms with Crippen LogP contribution in [0.25, 0.3) is 0 Å². The number of nitrogens with two attached hydrogens (primary N) is 1. The van der Waals surface area contributed by atoms with Gasteiger partial charge in [0.2, 0.25) is 0 Å². The summed E-state index contributed by atoms with van der Waals surface area (Å²) < 4.78 is 0. The minimum absolute atomic E-state index is 0.112. The van der Waals surface area contributed by atoms with Crippen LogP contribution in [0.5, 0.6) is 0 Å². The van der Waals surface area contributed by atoms with Gasteiger partial charge in [-0.1, -0.05) is 32.6 Å². The van der Waals surface area contributed by atoms with Crippen LogP contribution in [-0.2, 0) is 4.79 Å². The molecule has 0 amide bonds. The van der Waals surface area contributed by atoms with Crippen LogP contribution in [-0.4, -0.2) is 11.8 Å². The molecule has 0 aromatic rings. The molecule has 0 aliphatic heterocycles. The number of unbranched alkanes of at least 4 members (excludes halogenated alkanes) is 3. The monoisotopic (exact) mass is 157 g/mol. The average molecular weight is 157 g/mol. The molecule has 0 spiro atoms. The van der Waals surface area contributed by atoms with Gasteiger partial charge in [-0.25, -0.2) is 0 Å². The van der Waals surface area contributed by atoms with E-state index in [-0.39, 0.29) is 11.8 Å². The second kappa shape index (κ2) is 6.35. The van der Waals surface area contributed by atoms with E-state index in [0.29, 0.717) is 0 Å². The Morgan fingerprint density at radius 2 is 2.00 bits per heavy atom. The summed E-state index contributed by atoms with van der Waals surface area (Å²) in [6, 6.07) is -0.216. The lowest BCUT2D eigenvalue weighted by Gasteiger charge is -2.05. The van der Waals surface area contributed by atoms with E-state index in [1.165, 1.54) is 19.3 Å². The van der Waals surface area contributed by atoms with E-state index in [2.05, 4.69) is 6.92 Å². The molecule has 1 atom stereocenters. The van der Waals surface area contributed by atoms with Crippen molar-refractivity contribution >= 4 is 5.78 Å². The zero-order valence-electron chi connectivity index (χ0n) is 7.60. The van der Waals surface area contributed by atoms with Crippen LogP contribution in [0.2, 0.25) is 0 Å². The highest BCUT2D eigenvalue weighted by Crippen LogP contribution is 2.04. The van der Waals surface area contributed by atoms with Crippen molar-refractivity contribution in [1.29, 1.82) is 0 Å². The molecule has 0 unspecified atom stereocenters. The third-order valence-electron chi connectivity index (χ3n) is 1.89. The lowest BCUT2D eigenvalue weighted by atomic mass is 10.1. The van der Waals surface area contributed by atoms with Crippen molar-refractivity contribution in [2.24, 2.45) is 5.73 Å². The quantitative estimate of drug-likeness (QED) is 0.598. The van der Waals surface area contributed by atoms with Crippen LogP contribution < -0.4 is 5.73 Å². The molecule has 0 aliphatic carbocycles. The fourth-order valence-electron chi connectivity index (χ4n) is 0.994. The Balaban J connectivity index is 3.17. The van der Waals surface area contributed by atoms with Crippen LogP contribution in [0.3, 0.4) is 0 Å². The van der Waals surface area contributed by atoms with E-state index < -0.39 is 0 Å². The predicted molar refractivity (Wildman–Crippen MR) is 47.4 cm³/mol. The first-order valence-electron chi connectivity index (χ1n) is 4.44. The topological polar surface area (TPSA) is 43.1 Å². The number of hydrogen-bond donors (Lipinski definition) is 1. The van der Waals surface area contributed by atoms with Gasteiger partial charge >= 0.3 is 0 Å². The first-order chi connectivity index (χ1) is 5.18. The van der Waals surface area contributed by atoms with E-state index in [0.717, 1.165) is 12.8 Å². The van der Waals surface area contributed by atoms with Crippen molar-refractivity contribution in [3.05, 3.63) is 0 Å². The lowest BCUT2D eigenvalue weighted by Crippen LogP contribution is -2.27. The Morgan fingerprint density at radius 3 is 2.45 bits per heavy atom. The fraction of sp³-hybridized carbons (Fsp3) is 0.889. The molecule has 66 valence electrons. The molecule has 0 aliphatic rings. The van der Waals surface area contributed by atoms with Crippen LogP contribution in [0.1, 0.15) is 46.0 Å². The molecule has 2 N–H and O–H groups in total. The summed E-state index contributed by atoms with van der Waals surface area (Å²) in [6.07, 6.45) is 5.64. The SMILES string of the molecule is CCCCCC[C@H](N)C(C)=O. The molecular formula is C9H19NO. The maximum Gasteiger partial charge on any atom is 0.146 e. The van der Waals surface area contributed by atoms with E-state index in [1.807, 2.05) is 0 Å². The first kappa shape index (κ1) is 10.6. The Kier molecular flexibility index (Phi) is 6.13. The van der Waals surface area contributed by atoms with Gasteiger partial charge in [0.15, 0.2) is 0 Å². The molecule has 0 bridgehead atoms. The van der Waals surface area contributed by atoms with Gasteiger partial charge in [0.05, 0.1) is 6.04 Å². The van der Waals surface area contributed by atoms with Gasteiger partial charge in [0.1, 0.15) is 5.78 Å². The van der Waals surface area contributed by atoms with Crippen LogP contribution in [0, 0.1) is 0 Å². The number of hydrogen-bond acceptors (Lipinski definition) is 2. The highest BCUT2D eigenvalue weighted by Gasteiger charge is 2.05. The first-order valence-corrected chi connectivity index (χ1v) is 4.44.